The first-order chi connectivity index (χ1) is 13.0. The summed E-state index contributed by atoms with van der Waals surface area (Å²) in [6.45, 7) is 5.82. The molecule has 142 valence electrons. The lowest BCUT2D eigenvalue weighted by Crippen LogP contribution is -2.49. The standard InChI is InChI=1S/C21H24N2O3S/c1-4-14(5-2)18(17-11-8-12-27-17)22-19(24)13(3)23-20(25)15-9-6-7-10-16(15)21(23)26/h6-14,18H,4-5H2,1-3H3,(H,22,24). The topological polar surface area (TPSA) is 66.5 Å². The minimum absolute atomic E-state index is 0.120. The molecule has 2 atom stereocenters. The van der Waals surface area contributed by atoms with Gasteiger partial charge in [-0.1, -0.05) is 44.9 Å². The Balaban J connectivity index is 1.81. The molecule has 0 aliphatic carbocycles. The molecule has 27 heavy (non-hydrogen) atoms. The van der Waals surface area contributed by atoms with Crippen LogP contribution in [0.5, 0.6) is 0 Å². The molecule has 1 aliphatic rings. The van der Waals surface area contributed by atoms with E-state index in [2.05, 4.69) is 19.2 Å². The van der Waals surface area contributed by atoms with Crippen LogP contribution in [0.2, 0.25) is 0 Å². The number of hydrogen-bond donors (Lipinski definition) is 1. The van der Waals surface area contributed by atoms with Crippen molar-refractivity contribution in [1.82, 2.24) is 10.2 Å². The van der Waals surface area contributed by atoms with E-state index in [0.29, 0.717) is 17.0 Å². The fourth-order valence-electron chi connectivity index (χ4n) is 3.60. The molecule has 6 heteroatoms. The fraction of sp³-hybridized carbons (Fsp3) is 0.381. The largest absolute Gasteiger partial charge is 0.346 e. The number of nitrogens with zero attached hydrogens (tertiary/aromatic N) is 1. The van der Waals surface area contributed by atoms with Crippen molar-refractivity contribution < 1.29 is 14.4 Å². The molecular weight excluding hydrogens is 360 g/mol. The van der Waals surface area contributed by atoms with Crippen LogP contribution in [0, 0.1) is 5.92 Å². The van der Waals surface area contributed by atoms with Gasteiger partial charge in [0.25, 0.3) is 11.8 Å². The quantitative estimate of drug-likeness (QED) is 0.733. The van der Waals surface area contributed by atoms with Crippen LogP contribution in [0.3, 0.4) is 0 Å². The van der Waals surface area contributed by atoms with Gasteiger partial charge in [0.15, 0.2) is 0 Å². The predicted octanol–water partition coefficient (Wildman–Crippen LogP) is 4.03. The highest BCUT2D eigenvalue weighted by atomic mass is 32.1. The average Bonchev–Trinajstić information content (AvgIpc) is 3.29. The molecule has 3 rings (SSSR count). The Labute approximate surface area is 163 Å². The Morgan fingerprint density at radius 3 is 2.11 bits per heavy atom. The molecule has 1 N–H and O–H groups in total. The van der Waals surface area contributed by atoms with Gasteiger partial charge in [0.1, 0.15) is 6.04 Å². The molecule has 3 amide bonds. The van der Waals surface area contributed by atoms with Crippen LogP contribution < -0.4 is 5.32 Å². The van der Waals surface area contributed by atoms with E-state index in [1.54, 1.807) is 42.5 Å². The number of carbonyl (C=O) groups is 3. The highest BCUT2D eigenvalue weighted by Gasteiger charge is 2.41. The van der Waals surface area contributed by atoms with Crippen LogP contribution in [-0.4, -0.2) is 28.7 Å². The van der Waals surface area contributed by atoms with Gasteiger partial charge in [-0.15, -0.1) is 11.3 Å². The van der Waals surface area contributed by atoms with E-state index in [1.807, 2.05) is 17.5 Å². The van der Waals surface area contributed by atoms with Crippen molar-refractivity contribution >= 4 is 29.1 Å². The van der Waals surface area contributed by atoms with Gasteiger partial charge in [-0.05, 0) is 36.4 Å². The number of benzene rings is 1. The van der Waals surface area contributed by atoms with Crippen molar-refractivity contribution in [2.75, 3.05) is 0 Å². The van der Waals surface area contributed by atoms with Gasteiger partial charge in [0.2, 0.25) is 5.91 Å². The minimum atomic E-state index is -0.866. The molecular formula is C21H24N2O3S. The van der Waals surface area contributed by atoms with Crippen molar-refractivity contribution in [1.29, 1.82) is 0 Å². The lowest BCUT2D eigenvalue weighted by Gasteiger charge is -2.29. The predicted molar refractivity (Wildman–Crippen MR) is 106 cm³/mol. The number of fused-ring (bicyclic) bond motifs is 1. The maximum absolute atomic E-state index is 13.0. The molecule has 1 aliphatic heterocycles. The van der Waals surface area contributed by atoms with Crippen molar-refractivity contribution in [2.24, 2.45) is 5.92 Å². The molecule has 0 spiro atoms. The third-order valence-electron chi connectivity index (χ3n) is 5.26. The third kappa shape index (κ3) is 3.54. The van der Waals surface area contributed by atoms with E-state index in [4.69, 9.17) is 0 Å². The van der Waals surface area contributed by atoms with Crippen LogP contribution in [0.15, 0.2) is 41.8 Å². The summed E-state index contributed by atoms with van der Waals surface area (Å²) < 4.78 is 0. The average molecular weight is 385 g/mol. The Hall–Kier alpha value is -2.47. The summed E-state index contributed by atoms with van der Waals surface area (Å²) in [6.07, 6.45) is 1.86. The molecule has 2 unspecified atom stereocenters. The molecule has 2 aromatic rings. The second-order valence-electron chi connectivity index (χ2n) is 6.78. The highest BCUT2D eigenvalue weighted by molar-refractivity contribution is 7.10. The first-order valence-electron chi connectivity index (χ1n) is 9.30. The van der Waals surface area contributed by atoms with Crippen molar-refractivity contribution in [3.8, 4) is 0 Å². The minimum Gasteiger partial charge on any atom is -0.346 e. The summed E-state index contributed by atoms with van der Waals surface area (Å²) >= 11 is 1.60. The Morgan fingerprint density at radius 1 is 1.04 bits per heavy atom. The number of rotatable bonds is 7. The first kappa shape index (κ1) is 19.3. The lowest BCUT2D eigenvalue weighted by atomic mass is 9.92. The smallest absolute Gasteiger partial charge is 0.262 e. The second-order valence-corrected chi connectivity index (χ2v) is 7.76. The summed E-state index contributed by atoms with van der Waals surface area (Å²) in [7, 11) is 0. The van der Waals surface area contributed by atoms with Gasteiger partial charge in [-0.3, -0.25) is 19.3 Å². The van der Waals surface area contributed by atoms with Crippen molar-refractivity contribution in [3.63, 3.8) is 0 Å². The van der Waals surface area contributed by atoms with E-state index in [0.717, 1.165) is 22.6 Å². The van der Waals surface area contributed by atoms with Crippen LogP contribution in [0.1, 0.15) is 65.2 Å². The molecule has 2 heterocycles. The van der Waals surface area contributed by atoms with Crippen LogP contribution in [-0.2, 0) is 4.79 Å². The van der Waals surface area contributed by atoms with Gasteiger partial charge in [-0.25, -0.2) is 0 Å². The monoisotopic (exact) mass is 384 g/mol. The normalized spacial score (nSPS) is 15.8. The summed E-state index contributed by atoms with van der Waals surface area (Å²) in [5.74, 6) is -0.835. The number of amides is 3. The maximum atomic E-state index is 13.0. The molecule has 0 radical (unpaired) electrons. The van der Waals surface area contributed by atoms with Gasteiger partial charge in [-0.2, -0.15) is 0 Å². The molecule has 1 aromatic carbocycles. The van der Waals surface area contributed by atoms with Gasteiger partial charge in [0, 0.05) is 4.88 Å². The van der Waals surface area contributed by atoms with E-state index in [9.17, 15) is 14.4 Å². The number of thiophene rings is 1. The van der Waals surface area contributed by atoms with Crippen LogP contribution in [0.4, 0.5) is 0 Å². The number of hydrogen-bond acceptors (Lipinski definition) is 4. The number of imide groups is 1. The van der Waals surface area contributed by atoms with Gasteiger partial charge >= 0.3 is 0 Å². The van der Waals surface area contributed by atoms with E-state index >= 15 is 0 Å². The number of carbonyl (C=O) groups excluding carboxylic acids is 3. The Kier molecular flexibility index (Phi) is 5.75. The zero-order chi connectivity index (χ0) is 19.6. The van der Waals surface area contributed by atoms with E-state index in [1.165, 1.54) is 0 Å². The highest BCUT2D eigenvalue weighted by Crippen LogP contribution is 2.31. The molecule has 0 saturated carbocycles. The lowest BCUT2D eigenvalue weighted by molar-refractivity contribution is -0.125. The van der Waals surface area contributed by atoms with Crippen molar-refractivity contribution in [2.45, 2.75) is 45.7 Å². The SMILES string of the molecule is CCC(CC)C(NC(=O)C(C)N1C(=O)c2ccccc2C1=O)c1cccs1. The molecule has 0 bridgehead atoms. The number of nitrogens with one attached hydrogen (secondary N) is 1. The van der Waals surface area contributed by atoms with Gasteiger partial charge in [0.05, 0.1) is 17.2 Å². The Morgan fingerprint density at radius 2 is 1.63 bits per heavy atom. The zero-order valence-corrected chi connectivity index (χ0v) is 16.6. The molecule has 5 nitrogen and oxygen atoms in total. The van der Waals surface area contributed by atoms with E-state index in [-0.39, 0.29) is 11.9 Å². The summed E-state index contributed by atoms with van der Waals surface area (Å²) in [6, 6.07) is 9.68. The first-order valence-corrected chi connectivity index (χ1v) is 10.2. The molecule has 0 saturated heterocycles. The summed E-state index contributed by atoms with van der Waals surface area (Å²) in [5, 5.41) is 5.08. The molecule has 1 aromatic heterocycles. The van der Waals surface area contributed by atoms with E-state index < -0.39 is 17.9 Å². The third-order valence-corrected chi connectivity index (χ3v) is 6.22. The Bertz CT molecular complexity index is 808. The van der Waals surface area contributed by atoms with Crippen LogP contribution in [0.25, 0.3) is 0 Å². The van der Waals surface area contributed by atoms with Crippen molar-refractivity contribution in [3.05, 3.63) is 57.8 Å². The zero-order valence-electron chi connectivity index (χ0n) is 15.8. The summed E-state index contributed by atoms with van der Waals surface area (Å²) in [5.41, 5.74) is 0.717. The molecule has 0 fully saturated rings. The van der Waals surface area contributed by atoms with Crippen LogP contribution >= 0.6 is 11.3 Å². The summed E-state index contributed by atoms with van der Waals surface area (Å²) in [4.78, 5) is 40.4. The maximum Gasteiger partial charge on any atom is 0.262 e. The fourth-order valence-corrected chi connectivity index (χ4v) is 4.47. The van der Waals surface area contributed by atoms with Gasteiger partial charge < -0.3 is 5.32 Å². The second kappa shape index (κ2) is 8.05.